The van der Waals surface area contributed by atoms with Crippen LogP contribution < -0.4 is 25.2 Å². The van der Waals surface area contributed by atoms with E-state index in [1.165, 1.54) is 4.90 Å². The van der Waals surface area contributed by atoms with Crippen LogP contribution in [0.2, 0.25) is 10.0 Å². The van der Waals surface area contributed by atoms with Crippen molar-refractivity contribution >= 4 is 86.1 Å². The van der Waals surface area contributed by atoms with Gasteiger partial charge in [0.05, 0.1) is 27.6 Å². The number of piperidine rings is 1. The van der Waals surface area contributed by atoms with Gasteiger partial charge in [0, 0.05) is 98.3 Å². The molecule has 3 N–H and O–H groups in total. The second-order valence-corrected chi connectivity index (χ2v) is 16.6. The molecule has 0 unspecified atom stereocenters. The highest BCUT2D eigenvalue weighted by atomic mass is 35.5. The number of nitrogens with zero attached hydrogens (tertiary/aromatic N) is 9. The summed E-state index contributed by atoms with van der Waals surface area (Å²) < 4.78 is 7.89. The fourth-order valence-electron chi connectivity index (χ4n) is 8.51. The summed E-state index contributed by atoms with van der Waals surface area (Å²) in [5.74, 6) is 1.57. The molecular weight excluding hydrogens is 835 g/mol. The first-order chi connectivity index (χ1) is 30.0. The maximum atomic E-state index is 13.6. The molecule has 3 fully saturated rings. The number of hydrogen-bond donors (Lipinski definition) is 3. The Kier molecular flexibility index (Phi) is 11.4. The van der Waals surface area contributed by atoms with Crippen LogP contribution in [0.3, 0.4) is 0 Å². The highest BCUT2D eigenvalue weighted by Crippen LogP contribution is 2.35. The van der Waals surface area contributed by atoms with Crippen molar-refractivity contribution in [2.45, 2.75) is 32.3 Å². The summed E-state index contributed by atoms with van der Waals surface area (Å²) in [4.78, 5) is 67.3. The van der Waals surface area contributed by atoms with E-state index in [2.05, 4.69) is 40.7 Å². The zero-order chi connectivity index (χ0) is 43.1. The molecule has 3 aliphatic heterocycles. The van der Waals surface area contributed by atoms with Gasteiger partial charge in [-0.2, -0.15) is 10.2 Å². The van der Waals surface area contributed by atoms with E-state index in [0.717, 1.165) is 38.9 Å². The minimum Gasteiger partial charge on any atom is -0.486 e. The number of carbonyl (C=O) groups is 4. The average molecular weight is 880 g/mol. The SMILES string of the molecule is C[C@@H](Oc1ccc2[nH]nc(-c3ccc(N4CCN(C(=O)C5CCN(CC(=O)Nc6ccc7c(N8CCC(=O)NC8=O)nn(C)c7c6)CC5)CC4)nc3)c2c1)c1c(Cl)cncc1Cl. The van der Waals surface area contributed by atoms with Crippen molar-refractivity contribution in [2.75, 3.05) is 67.5 Å². The first-order valence-corrected chi connectivity index (χ1v) is 21.3. The number of pyridine rings is 2. The third-order valence-electron chi connectivity index (χ3n) is 11.8. The molecule has 0 spiro atoms. The molecule has 5 amide bonds. The molecule has 1 atom stereocenters. The molecule has 3 saturated heterocycles. The smallest absolute Gasteiger partial charge is 0.329 e. The molecule has 3 aliphatic rings. The molecule has 4 aromatic heterocycles. The van der Waals surface area contributed by atoms with Crippen LogP contribution in [-0.4, -0.2) is 116 Å². The van der Waals surface area contributed by atoms with Crippen molar-refractivity contribution in [3.8, 4) is 17.0 Å². The molecule has 0 aliphatic carbocycles. The fraction of sp³-hybridized carbons (Fsp3) is 0.349. The van der Waals surface area contributed by atoms with Gasteiger partial charge in [-0.1, -0.05) is 23.2 Å². The number of hydrogen-bond acceptors (Lipinski definition) is 11. The van der Waals surface area contributed by atoms with Gasteiger partial charge >= 0.3 is 6.03 Å². The van der Waals surface area contributed by atoms with Gasteiger partial charge in [-0.05, 0) is 81.4 Å². The van der Waals surface area contributed by atoms with Crippen LogP contribution in [0.5, 0.6) is 5.75 Å². The molecular formula is C43H44Cl2N12O5. The molecule has 0 saturated carbocycles. The van der Waals surface area contributed by atoms with E-state index < -0.39 is 12.1 Å². The molecule has 17 nitrogen and oxygen atoms in total. The Balaban J connectivity index is 0.743. The van der Waals surface area contributed by atoms with E-state index in [0.29, 0.717) is 85.0 Å². The lowest BCUT2D eigenvalue weighted by molar-refractivity contribution is -0.137. The van der Waals surface area contributed by atoms with Crippen LogP contribution in [0.4, 0.5) is 22.1 Å². The third-order valence-corrected chi connectivity index (χ3v) is 12.4. The van der Waals surface area contributed by atoms with Gasteiger partial charge in [0.2, 0.25) is 17.7 Å². The Morgan fingerprint density at radius 2 is 1.69 bits per heavy atom. The number of likely N-dealkylation sites (tertiary alicyclic amines) is 1. The molecule has 2 aromatic carbocycles. The Morgan fingerprint density at radius 1 is 0.919 bits per heavy atom. The lowest BCUT2D eigenvalue weighted by Crippen LogP contribution is -2.52. The number of carbonyl (C=O) groups excluding carboxylic acids is 4. The number of amides is 5. The molecule has 9 rings (SSSR count). The summed E-state index contributed by atoms with van der Waals surface area (Å²) >= 11 is 12.7. The number of urea groups is 1. The highest BCUT2D eigenvalue weighted by Gasteiger charge is 2.32. The van der Waals surface area contributed by atoms with E-state index in [1.807, 2.05) is 60.5 Å². The van der Waals surface area contributed by atoms with Gasteiger partial charge in [0.15, 0.2) is 5.82 Å². The van der Waals surface area contributed by atoms with Crippen LogP contribution in [0.25, 0.3) is 33.1 Å². The maximum Gasteiger partial charge on any atom is 0.329 e. The van der Waals surface area contributed by atoms with E-state index in [4.69, 9.17) is 32.9 Å². The van der Waals surface area contributed by atoms with Crippen molar-refractivity contribution in [1.82, 2.24) is 45.1 Å². The van der Waals surface area contributed by atoms with Crippen LogP contribution in [0.15, 0.2) is 67.1 Å². The standard InChI is InChI=1S/C43H44Cl2N12O5/c1-25(39-32(44)22-46-23-33(39)45)62-29-5-7-34-31(20-29)40(51-50-34)27-3-8-36(47-21-27)55-15-17-56(18-16-55)42(60)26-9-12-54(13-10-26)24-38(59)48-28-4-6-30-35(19-28)53(2)52-41(30)57-14-11-37(58)49-43(57)61/h3-8,19-23,25-26H,9-18,24H2,1-2H3,(H,48,59)(H,50,51)(H,49,58,61)/t25-/m1/s1. The van der Waals surface area contributed by atoms with Crippen molar-refractivity contribution in [3.63, 3.8) is 0 Å². The van der Waals surface area contributed by atoms with E-state index in [1.54, 1.807) is 30.2 Å². The average Bonchev–Trinajstić information content (AvgIpc) is 3.83. The molecule has 7 heterocycles. The van der Waals surface area contributed by atoms with Crippen molar-refractivity contribution < 1.29 is 23.9 Å². The zero-order valence-electron chi connectivity index (χ0n) is 34.1. The largest absolute Gasteiger partial charge is 0.486 e. The molecule has 62 heavy (non-hydrogen) atoms. The molecule has 19 heteroatoms. The van der Waals surface area contributed by atoms with E-state index >= 15 is 0 Å². The third kappa shape index (κ3) is 8.34. The Hall–Kier alpha value is -6.30. The summed E-state index contributed by atoms with van der Waals surface area (Å²) in [5, 5.41) is 20.0. The Morgan fingerprint density at radius 3 is 2.42 bits per heavy atom. The minimum absolute atomic E-state index is 0.0798. The van der Waals surface area contributed by atoms with Crippen LogP contribution in [0, 0.1) is 5.92 Å². The second-order valence-electron chi connectivity index (χ2n) is 15.8. The quantitative estimate of drug-likeness (QED) is 0.151. The molecule has 0 radical (unpaired) electrons. The number of aromatic nitrogens is 6. The summed E-state index contributed by atoms with van der Waals surface area (Å²) in [5.41, 5.74) is 4.50. The highest BCUT2D eigenvalue weighted by molar-refractivity contribution is 6.35. The number of fused-ring (bicyclic) bond motifs is 2. The van der Waals surface area contributed by atoms with E-state index in [9.17, 15) is 19.2 Å². The molecule has 0 bridgehead atoms. The summed E-state index contributed by atoms with van der Waals surface area (Å²) in [6.45, 7) is 6.22. The number of halogens is 2. The number of H-pyrrole nitrogens is 1. The number of piperazine rings is 1. The number of aryl methyl sites for hydroxylation is 1. The van der Waals surface area contributed by atoms with Crippen molar-refractivity contribution in [1.29, 1.82) is 0 Å². The van der Waals surface area contributed by atoms with Crippen LogP contribution in [-0.2, 0) is 21.4 Å². The monoisotopic (exact) mass is 878 g/mol. The normalized spacial score (nSPS) is 17.1. The summed E-state index contributed by atoms with van der Waals surface area (Å²) in [6, 6.07) is 14.7. The van der Waals surface area contributed by atoms with Gasteiger partial charge in [0.1, 0.15) is 23.4 Å². The number of imide groups is 1. The minimum atomic E-state index is -0.502. The number of rotatable bonds is 10. The Bertz CT molecular complexity index is 2670. The number of aromatic amines is 1. The first-order valence-electron chi connectivity index (χ1n) is 20.5. The number of anilines is 3. The van der Waals surface area contributed by atoms with Crippen LogP contribution >= 0.6 is 23.2 Å². The lowest BCUT2D eigenvalue weighted by Gasteiger charge is -2.38. The second kappa shape index (κ2) is 17.2. The number of benzene rings is 2. The topological polar surface area (TPSA) is 187 Å². The van der Waals surface area contributed by atoms with Gasteiger partial charge in [0.25, 0.3) is 0 Å². The van der Waals surface area contributed by atoms with Crippen molar-refractivity contribution in [3.05, 3.63) is 82.7 Å². The predicted octanol–water partition coefficient (Wildman–Crippen LogP) is 5.80. The lowest BCUT2D eigenvalue weighted by atomic mass is 9.95. The zero-order valence-corrected chi connectivity index (χ0v) is 35.6. The van der Waals surface area contributed by atoms with E-state index in [-0.39, 0.29) is 43.1 Å². The number of ether oxygens (including phenoxy) is 1. The maximum absolute atomic E-state index is 13.6. The summed E-state index contributed by atoms with van der Waals surface area (Å²) in [6.07, 6.45) is 6.09. The van der Waals surface area contributed by atoms with Gasteiger partial charge in [-0.3, -0.25) is 44.3 Å². The first kappa shape index (κ1) is 41.1. The van der Waals surface area contributed by atoms with Crippen molar-refractivity contribution in [2.24, 2.45) is 13.0 Å². The predicted molar refractivity (Wildman–Crippen MR) is 235 cm³/mol. The molecule has 6 aromatic rings. The number of nitrogens with one attached hydrogen (secondary N) is 3. The van der Waals surface area contributed by atoms with Gasteiger partial charge in [-0.15, -0.1) is 0 Å². The summed E-state index contributed by atoms with van der Waals surface area (Å²) in [7, 11) is 1.77. The van der Waals surface area contributed by atoms with Gasteiger partial charge in [-0.25, -0.2) is 9.78 Å². The molecule has 320 valence electrons. The van der Waals surface area contributed by atoms with Gasteiger partial charge < -0.3 is 19.9 Å². The Labute approximate surface area is 366 Å². The fourth-order valence-corrected chi connectivity index (χ4v) is 9.18. The van der Waals surface area contributed by atoms with Crippen LogP contribution in [0.1, 0.15) is 37.9 Å².